The highest BCUT2D eigenvalue weighted by molar-refractivity contribution is 5.93. The van der Waals surface area contributed by atoms with E-state index in [1.54, 1.807) is 31.2 Å². The summed E-state index contributed by atoms with van der Waals surface area (Å²) in [5, 5.41) is 11.8. The standard InChI is InChI=1S/C18H19N5O4/c1-2-26-18-13(8-19)14(20)7-15(23-18)17(25)22-9-11-3-5-12(6-4-11)27-10-16(21)24/h3-7H,2,9-10H2,1H3,(H2,20,23)(H2,21,24)(H,22,25). The summed E-state index contributed by atoms with van der Waals surface area (Å²) >= 11 is 0. The van der Waals surface area contributed by atoms with Crippen molar-refractivity contribution >= 4 is 17.5 Å². The van der Waals surface area contributed by atoms with Gasteiger partial charge in [-0.05, 0) is 30.7 Å². The molecule has 0 unspecified atom stereocenters. The van der Waals surface area contributed by atoms with E-state index in [4.69, 9.17) is 26.2 Å². The number of nitrogens with one attached hydrogen (secondary N) is 1. The van der Waals surface area contributed by atoms with Crippen LogP contribution in [-0.4, -0.2) is 30.0 Å². The third-order valence-corrected chi connectivity index (χ3v) is 3.40. The quantitative estimate of drug-likeness (QED) is 0.620. The van der Waals surface area contributed by atoms with Gasteiger partial charge < -0.3 is 26.3 Å². The summed E-state index contributed by atoms with van der Waals surface area (Å²) in [4.78, 5) is 27.1. The van der Waals surface area contributed by atoms with Crippen LogP contribution in [-0.2, 0) is 11.3 Å². The Kier molecular flexibility index (Phi) is 6.55. The Morgan fingerprint density at radius 1 is 1.26 bits per heavy atom. The minimum atomic E-state index is -0.563. The number of anilines is 1. The summed E-state index contributed by atoms with van der Waals surface area (Å²) in [7, 11) is 0. The Balaban J connectivity index is 2.03. The van der Waals surface area contributed by atoms with Crippen LogP contribution in [0.4, 0.5) is 5.69 Å². The molecular weight excluding hydrogens is 350 g/mol. The molecule has 0 fully saturated rings. The molecule has 2 rings (SSSR count). The van der Waals surface area contributed by atoms with E-state index in [9.17, 15) is 9.59 Å². The molecule has 0 bridgehead atoms. The van der Waals surface area contributed by atoms with Crippen LogP contribution >= 0.6 is 0 Å². The molecule has 1 heterocycles. The number of ether oxygens (including phenoxy) is 2. The number of primary amides is 1. The molecule has 1 aromatic heterocycles. The molecule has 9 heteroatoms. The molecule has 140 valence electrons. The van der Waals surface area contributed by atoms with Gasteiger partial charge in [-0.3, -0.25) is 9.59 Å². The normalized spacial score (nSPS) is 9.93. The molecule has 0 aliphatic carbocycles. The molecule has 2 amide bonds. The van der Waals surface area contributed by atoms with Crippen molar-refractivity contribution in [3.8, 4) is 17.7 Å². The summed E-state index contributed by atoms with van der Waals surface area (Å²) < 4.78 is 10.4. The van der Waals surface area contributed by atoms with Crippen molar-refractivity contribution in [2.24, 2.45) is 5.73 Å². The van der Waals surface area contributed by atoms with Gasteiger partial charge in [0.2, 0.25) is 5.88 Å². The van der Waals surface area contributed by atoms with E-state index < -0.39 is 11.8 Å². The average Bonchev–Trinajstić information content (AvgIpc) is 2.65. The molecule has 0 aliphatic rings. The van der Waals surface area contributed by atoms with Crippen molar-refractivity contribution in [3.63, 3.8) is 0 Å². The summed E-state index contributed by atoms with van der Waals surface area (Å²) in [6, 6.07) is 10.0. The second-order valence-electron chi connectivity index (χ2n) is 5.40. The number of benzene rings is 1. The largest absolute Gasteiger partial charge is 0.484 e. The molecule has 0 radical (unpaired) electrons. The molecule has 0 aliphatic heterocycles. The lowest BCUT2D eigenvalue weighted by molar-refractivity contribution is -0.119. The number of carbonyl (C=O) groups excluding carboxylic acids is 2. The number of aromatic nitrogens is 1. The molecule has 0 spiro atoms. The summed E-state index contributed by atoms with van der Waals surface area (Å²) in [6.45, 7) is 2.06. The Morgan fingerprint density at radius 2 is 1.96 bits per heavy atom. The number of nitriles is 1. The van der Waals surface area contributed by atoms with Crippen molar-refractivity contribution in [3.05, 3.63) is 47.2 Å². The van der Waals surface area contributed by atoms with Crippen LogP contribution in [0.15, 0.2) is 30.3 Å². The zero-order chi connectivity index (χ0) is 19.8. The average molecular weight is 369 g/mol. The molecule has 2 aromatic rings. The Hall–Kier alpha value is -3.80. The van der Waals surface area contributed by atoms with Crippen molar-refractivity contribution in [2.45, 2.75) is 13.5 Å². The first-order chi connectivity index (χ1) is 12.9. The maximum atomic E-state index is 12.3. The lowest BCUT2D eigenvalue weighted by Crippen LogP contribution is -2.24. The second-order valence-corrected chi connectivity index (χ2v) is 5.40. The first kappa shape index (κ1) is 19.5. The topological polar surface area (TPSA) is 153 Å². The van der Waals surface area contributed by atoms with Gasteiger partial charge in [-0.1, -0.05) is 12.1 Å². The molecule has 5 N–H and O–H groups in total. The predicted molar refractivity (Wildman–Crippen MR) is 96.8 cm³/mol. The Morgan fingerprint density at radius 3 is 2.56 bits per heavy atom. The lowest BCUT2D eigenvalue weighted by Gasteiger charge is -2.10. The van der Waals surface area contributed by atoms with Crippen molar-refractivity contribution in [1.82, 2.24) is 10.3 Å². The predicted octanol–water partition coefficient (Wildman–Crippen LogP) is 0.728. The summed E-state index contributed by atoms with van der Waals surface area (Å²) in [5.41, 5.74) is 11.9. The Bertz CT molecular complexity index is 875. The van der Waals surface area contributed by atoms with Gasteiger partial charge in [0.25, 0.3) is 11.8 Å². The smallest absolute Gasteiger partial charge is 0.270 e. The lowest BCUT2D eigenvalue weighted by atomic mass is 10.2. The van der Waals surface area contributed by atoms with E-state index in [0.29, 0.717) is 5.75 Å². The monoisotopic (exact) mass is 369 g/mol. The van der Waals surface area contributed by atoms with Crippen LogP contribution in [0, 0.1) is 11.3 Å². The number of nitrogens with zero attached hydrogens (tertiary/aromatic N) is 2. The van der Waals surface area contributed by atoms with Crippen molar-refractivity contribution in [1.29, 1.82) is 5.26 Å². The molecular formula is C18H19N5O4. The number of amides is 2. The van der Waals surface area contributed by atoms with E-state index >= 15 is 0 Å². The molecule has 0 atom stereocenters. The van der Waals surface area contributed by atoms with Gasteiger partial charge in [-0.15, -0.1) is 0 Å². The van der Waals surface area contributed by atoms with Crippen molar-refractivity contribution < 1.29 is 19.1 Å². The number of hydrogen-bond acceptors (Lipinski definition) is 7. The van der Waals surface area contributed by atoms with Gasteiger partial charge in [0.15, 0.2) is 6.61 Å². The minimum Gasteiger partial charge on any atom is -0.484 e. The van der Waals surface area contributed by atoms with Gasteiger partial charge in [-0.2, -0.15) is 5.26 Å². The molecule has 27 heavy (non-hydrogen) atoms. The fourth-order valence-corrected chi connectivity index (χ4v) is 2.14. The van der Waals surface area contributed by atoms with Gasteiger partial charge in [-0.25, -0.2) is 4.98 Å². The van der Waals surface area contributed by atoms with Crippen molar-refractivity contribution in [2.75, 3.05) is 18.9 Å². The van der Waals surface area contributed by atoms with E-state index in [1.807, 2.05) is 6.07 Å². The summed E-state index contributed by atoms with van der Waals surface area (Å²) in [5.74, 6) is -0.499. The highest BCUT2D eigenvalue weighted by Gasteiger charge is 2.16. The first-order valence-electron chi connectivity index (χ1n) is 8.06. The van der Waals surface area contributed by atoms with E-state index in [1.165, 1.54) is 6.07 Å². The Labute approximate surface area is 155 Å². The van der Waals surface area contributed by atoms with Gasteiger partial charge in [0.05, 0.1) is 12.3 Å². The molecule has 0 saturated heterocycles. The number of nitrogens with two attached hydrogens (primary N) is 2. The molecule has 1 aromatic carbocycles. The molecule has 9 nitrogen and oxygen atoms in total. The number of carbonyl (C=O) groups is 2. The fourth-order valence-electron chi connectivity index (χ4n) is 2.14. The maximum absolute atomic E-state index is 12.3. The van der Waals surface area contributed by atoms with Gasteiger partial charge in [0, 0.05) is 6.54 Å². The number of pyridine rings is 1. The third-order valence-electron chi connectivity index (χ3n) is 3.40. The maximum Gasteiger partial charge on any atom is 0.270 e. The summed E-state index contributed by atoms with van der Waals surface area (Å²) in [6.07, 6.45) is 0. The number of nitrogen functional groups attached to an aromatic ring is 1. The van der Waals surface area contributed by atoms with Crippen LogP contribution in [0.2, 0.25) is 0 Å². The van der Waals surface area contributed by atoms with Gasteiger partial charge >= 0.3 is 0 Å². The van der Waals surface area contributed by atoms with Gasteiger partial charge in [0.1, 0.15) is 23.1 Å². The van der Waals surface area contributed by atoms with E-state index in [2.05, 4.69) is 10.3 Å². The van der Waals surface area contributed by atoms with Crippen LogP contribution in [0.25, 0.3) is 0 Å². The zero-order valence-corrected chi connectivity index (χ0v) is 14.7. The number of rotatable bonds is 8. The van der Waals surface area contributed by atoms with Crippen LogP contribution < -0.4 is 26.3 Å². The van der Waals surface area contributed by atoms with E-state index in [0.717, 1.165) is 5.56 Å². The SMILES string of the molecule is CCOc1nc(C(=O)NCc2ccc(OCC(N)=O)cc2)cc(N)c1C#N. The molecule has 0 saturated carbocycles. The van der Waals surface area contributed by atoms with Crippen LogP contribution in [0.3, 0.4) is 0 Å². The van der Waals surface area contributed by atoms with Crippen LogP contribution in [0.1, 0.15) is 28.5 Å². The first-order valence-corrected chi connectivity index (χ1v) is 8.06. The highest BCUT2D eigenvalue weighted by Crippen LogP contribution is 2.22. The second kappa shape index (κ2) is 9.05. The van der Waals surface area contributed by atoms with E-state index in [-0.39, 0.29) is 42.6 Å². The highest BCUT2D eigenvalue weighted by atomic mass is 16.5. The zero-order valence-electron chi connectivity index (χ0n) is 14.7. The van der Waals surface area contributed by atoms with Crippen LogP contribution in [0.5, 0.6) is 11.6 Å². The third kappa shape index (κ3) is 5.34. The minimum absolute atomic E-state index is 0.0288. The fraction of sp³-hybridized carbons (Fsp3) is 0.222. The number of hydrogen-bond donors (Lipinski definition) is 3.